The highest BCUT2D eigenvalue weighted by Gasteiger charge is 2.33. The monoisotopic (exact) mass is 445 g/mol. The van der Waals surface area contributed by atoms with Crippen LogP contribution in [0.3, 0.4) is 0 Å². The zero-order valence-corrected chi connectivity index (χ0v) is 21.3. The molecule has 5 heteroatoms. The van der Waals surface area contributed by atoms with E-state index in [1.807, 2.05) is 34.9 Å². The molecule has 1 saturated heterocycles. The number of hydrogen-bond acceptors (Lipinski definition) is 5. The van der Waals surface area contributed by atoms with Gasteiger partial charge < -0.3 is 9.47 Å². The van der Waals surface area contributed by atoms with Gasteiger partial charge in [0.25, 0.3) is 0 Å². The van der Waals surface area contributed by atoms with Crippen molar-refractivity contribution < 1.29 is 19.1 Å². The van der Waals surface area contributed by atoms with Crippen molar-refractivity contribution in [3.8, 4) is 0 Å². The third-order valence-corrected chi connectivity index (χ3v) is 7.30. The van der Waals surface area contributed by atoms with E-state index in [0.29, 0.717) is 30.1 Å². The van der Waals surface area contributed by atoms with Crippen LogP contribution >= 0.6 is 0 Å². The standard InChI is InChI=1S/C27H43NO4/c1-17(2)19(4)27(30)25(32-26(29)14-28(7)8)13-22-9-11-23(12-10-22)20(5)21(6)24-16-31-15-18(24)3/h9-12,17-21,24-25H,13-16H2,1-8H3. The number of carbonyl (C=O) groups is 2. The number of Topliss-reactive ketones (excluding diaryl/α,β-unsaturated/α-hetero) is 1. The fourth-order valence-electron chi connectivity index (χ4n) is 4.47. The Kier molecular flexibility index (Phi) is 9.90. The SMILES string of the molecule is CC(C)C(C)C(=O)C(Cc1ccc(C(C)C(C)C2COCC2C)cc1)OC(=O)CN(C)C. The maximum atomic E-state index is 13.0. The van der Waals surface area contributed by atoms with E-state index in [9.17, 15) is 9.59 Å². The number of nitrogens with zero attached hydrogens (tertiary/aromatic N) is 1. The Bertz CT molecular complexity index is 743. The third kappa shape index (κ3) is 7.14. The lowest BCUT2D eigenvalue weighted by Crippen LogP contribution is -2.37. The minimum Gasteiger partial charge on any atom is -0.453 e. The molecule has 1 aromatic carbocycles. The molecule has 6 atom stereocenters. The van der Waals surface area contributed by atoms with Crippen molar-refractivity contribution >= 4 is 11.8 Å². The molecule has 0 aliphatic carbocycles. The van der Waals surface area contributed by atoms with E-state index in [4.69, 9.17) is 9.47 Å². The molecule has 1 fully saturated rings. The minimum atomic E-state index is -0.751. The molecule has 0 N–H and O–H groups in total. The molecular formula is C27H43NO4. The summed E-state index contributed by atoms with van der Waals surface area (Å²) in [6, 6.07) is 8.47. The van der Waals surface area contributed by atoms with Crippen LogP contribution in [-0.2, 0) is 25.5 Å². The molecule has 0 bridgehead atoms. The van der Waals surface area contributed by atoms with Crippen LogP contribution in [0.15, 0.2) is 24.3 Å². The number of benzene rings is 1. The lowest BCUT2D eigenvalue weighted by Gasteiger charge is -2.28. The van der Waals surface area contributed by atoms with Crippen molar-refractivity contribution in [1.82, 2.24) is 4.90 Å². The molecule has 0 spiro atoms. The van der Waals surface area contributed by atoms with Crippen LogP contribution < -0.4 is 0 Å². The van der Waals surface area contributed by atoms with E-state index < -0.39 is 6.10 Å². The van der Waals surface area contributed by atoms with Gasteiger partial charge in [0.05, 0.1) is 13.2 Å². The lowest BCUT2D eigenvalue weighted by atomic mass is 9.76. The summed E-state index contributed by atoms with van der Waals surface area (Å²) in [5.41, 5.74) is 2.31. The lowest BCUT2D eigenvalue weighted by molar-refractivity contribution is -0.157. The first kappa shape index (κ1) is 26.5. The number of ether oxygens (including phenoxy) is 2. The van der Waals surface area contributed by atoms with Gasteiger partial charge in [-0.05, 0) is 54.8 Å². The summed E-state index contributed by atoms with van der Waals surface area (Å²) in [5.74, 6) is 1.80. The molecule has 6 unspecified atom stereocenters. The van der Waals surface area contributed by atoms with E-state index in [1.165, 1.54) is 5.56 Å². The summed E-state index contributed by atoms with van der Waals surface area (Å²) < 4.78 is 11.3. The fourth-order valence-corrected chi connectivity index (χ4v) is 4.47. The van der Waals surface area contributed by atoms with Crippen LogP contribution in [0.1, 0.15) is 58.6 Å². The molecule has 1 aromatic rings. The summed E-state index contributed by atoms with van der Waals surface area (Å²) in [5, 5.41) is 0. The minimum absolute atomic E-state index is 0.00612. The Morgan fingerprint density at radius 3 is 2.19 bits per heavy atom. The molecule has 0 radical (unpaired) electrons. The number of esters is 1. The van der Waals surface area contributed by atoms with Gasteiger partial charge in [0.1, 0.15) is 0 Å². The molecule has 0 amide bonds. The Morgan fingerprint density at radius 1 is 1.06 bits per heavy atom. The van der Waals surface area contributed by atoms with Crippen LogP contribution in [0.4, 0.5) is 0 Å². The van der Waals surface area contributed by atoms with E-state index >= 15 is 0 Å². The molecule has 0 saturated carbocycles. The molecule has 2 rings (SSSR count). The summed E-state index contributed by atoms with van der Waals surface area (Å²) in [6.07, 6.45) is -0.342. The summed E-state index contributed by atoms with van der Waals surface area (Å²) in [6.45, 7) is 14.7. The molecule has 0 aromatic heterocycles. The second-order valence-electron chi connectivity index (χ2n) is 10.4. The first-order valence-electron chi connectivity index (χ1n) is 12.1. The number of carbonyl (C=O) groups excluding carboxylic acids is 2. The van der Waals surface area contributed by atoms with Crippen LogP contribution in [0, 0.1) is 29.6 Å². The van der Waals surface area contributed by atoms with Gasteiger partial charge in [0, 0.05) is 18.9 Å². The van der Waals surface area contributed by atoms with Gasteiger partial charge in [-0.1, -0.05) is 65.8 Å². The van der Waals surface area contributed by atoms with Crippen LogP contribution in [0.25, 0.3) is 0 Å². The van der Waals surface area contributed by atoms with Gasteiger partial charge in [0.2, 0.25) is 0 Å². The smallest absolute Gasteiger partial charge is 0.320 e. The summed E-state index contributed by atoms with van der Waals surface area (Å²) in [7, 11) is 3.63. The average molecular weight is 446 g/mol. The zero-order chi connectivity index (χ0) is 24.0. The van der Waals surface area contributed by atoms with Gasteiger partial charge >= 0.3 is 5.97 Å². The van der Waals surface area contributed by atoms with E-state index in [0.717, 1.165) is 18.8 Å². The van der Waals surface area contributed by atoms with Crippen molar-refractivity contribution in [3.63, 3.8) is 0 Å². The first-order valence-corrected chi connectivity index (χ1v) is 12.1. The molecule has 1 aliphatic heterocycles. The second kappa shape index (κ2) is 11.9. The predicted molar refractivity (Wildman–Crippen MR) is 129 cm³/mol. The Morgan fingerprint density at radius 2 is 1.69 bits per heavy atom. The Labute approximate surface area is 194 Å². The highest BCUT2D eigenvalue weighted by Crippen LogP contribution is 2.36. The molecule has 32 heavy (non-hydrogen) atoms. The van der Waals surface area contributed by atoms with Crippen LogP contribution in [-0.4, -0.2) is 56.6 Å². The van der Waals surface area contributed by atoms with Crippen molar-refractivity contribution in [2.75, 3.05) is 33.9 Å². The second-order valence-corrected chi connectivity index (χ2v) is 10.4. The van der Waals surface area contributed by atoms with Gasteiger partial charge in [-0.3, -0.25) is 14.5 Å². The molecule has 180 valence electrons. The number of likely N-dealkylation sites (N-methyl/N-ethyl adjacent to an activating group) is 1. The largest absolute Gasteiger partial charge is 0.453 e. The van der Waals surface area contributed by atoms with Crippen molar-refractivity contribution in [2.24, 2.45) is 29.6 Å². The van der Waals surface area contributed by atoms with Crippen molar-refractivity contribution in [3.05, 3.63) is 35.4 Å². The van der Waals surface area contributed by atoms with E-state index in [2.05, 4.69) is 45.0 Å². The fraction of sp³-hybridized carbons (Fsp3) is 0.704. The van der Waals surface area contributed by atoms with Gasteiger partial charge in [0.15, 0.2) is 11.9 Å². The number of hydrogen-bond donors (Lipinski definition) is 0. The van der Waals surface area contributed by atoms with Crippen LogP contribution in [0.2, 0.25) is 0 Å². The summed E-state index contributed by atoms with van der Waals surface area (Å²) >= 11 is 0. The summed E-state index contributed by atoms with van der Waals surface area (Å²) in [4.78, 5) is 27.1. The number of rotatable bonds is 11. The molecular weight excluding hydrogens is 402 g/mol. The van der Waals surface area contributed by atoms with Crippen molar-refractivity contribution in [2.45, 2.75) is 60.0 Å². The first-order chi connectivity index (χ1) is 15.0. The van der Waals surface area contributed by atoms with E-state index in [-0.39, 0.29) is 30.1 Å². The van der Waals surface area contributed by atoms with Crippen molar-refractivity contribution in [1.29, 1.82) is 0 Å². The third-order valence-electron chi connectivity index (χ3n) is 7.30. The average Bonchev–Trinajstić information content (AvgIpc) is 3.16. The van der Waals surface area contributed by atoms with Gasteiger partial charge in [-0.15, -0.1) is 0 Å². The molecule has 5 nitrogen and oxygen atoms in total. The quantitative estimate of drug-likeness (QED) is 0.467. The Hall–Kier alpha value is -1.72. The van der Waals surface area contributed by atoms with E-state index in [1.54, 1.807) is 4.90 Å². The number of ketones is 1. The topological polar surface area (TPSA) is 55.8 Å². The predicted octanol–water partition coefficient (Wildman–Crippen LogP) is 4.59. The zero-order valence-electron chi connectivity index (χ0n) is 21.3. The molecule has 1 aliphatic rings. The van der Waals surface area contributed by atoms with Gasteiger partial charge in [-0.2, -0.15) is 0 Å². The maximum absolute atomic E-state index is 13.0. The normalized spacial score (nSPS) is 22.6. The van der Waals surface area contributed by atoms with Crippen LogP contribution in [0.5, 0.6) is 0 Å². The highest BCUT2D eigenvalue weighted by molar-refractivity contribution is 5.88. The van der Waals surface area contributed by atoms with Gasteiger partial charge in [-0.25, -0.2) is 0 Å². The Balaban J connectivity index is 2.11. The highest BCUT2D eigenvalue weighted by atomic mass is 16.5. The maximum Gasteiger partial charge on any atom is 0.320 e. The molecule has 1 heterocycles.